The van der Waals surface area contributed by atoms with E-state index in [9.17, 15) is 4.79 Å². The lowest BCUT2D eigenvalue weighted by molar-refractivity contribution is 0.0701. The summed E-state index contributed by atoms with van der Waals surface area (Å²) in [5.41, 5.74) is 1.56. The normalized spacial score (nSPS) is 18.2. The molecule has 4 rings (SSSR count). The van der Waals surface area contributed by atoms with E-state index in [1.54, 1.807) is 28.1 Å². The van der Waals surface area contributed by atoms with E-state index in [2.05, 4.69) is 21.9 Å². The summed E-state index contributed by atoms with van der Waals surface area (Å²) in [6, 6.07) is 1.83. The van der Waals surface area contributed by atoms with Crippen molar-refractivity contribution in [2.45, 2.75) is 32.6 Å². The van der Waals surface area contributed by atoms with Crippen LogP contribution in [0, 0.1) is 13.8 Å². The number of nitrogens with zero attached hydrogens (tertiary/aromatic N) is 5. The number of hydrogen-bond acceptors (Lipinski definition) is 5. The van der Waals surface area contributed by atoms with Crippen LogP contribution in [0.15, 0.2) is 24.7 Å². The van der Waals surface area contributed by atoms with Crippen LogP contribution in [0.5, 0.6) is 0 Å². The predicted octanol–water partition coefficient (Wildman–Crippen LogP) is 2.82. The Kier molecular flexibility index (Phi) is 3.80. The van der Waals surface area contributed by atoms with Gasteiger partial charge in [0.1, 0.15) is 5.69 Å². The second-order valence-electron chi connectivity index (χ2n) is 6.24. The third-order valence-corrected chi connectivity index (χ3v) is 5.79. The molecule has 3 aromatic rings. The summed E-state index contributed by atoms with van der Waals surface area (Å²) in [5, 5.41) is 1.15. The number of hydrogen-bond donors (Lipinski definition) is 0. The van der Waals surface area contributed by atoms with Crippen molar-refractivity contribution in [2.24, 2.45) is 0 Å². The molecule has 1 saturated heterocycles. The Hall–Kier alpha value is -2.28. The molecule has 7 heteroatoms. The standard InChI is InChI=1S/C17H19N5OS/c1-11-12(2)24-15(19-11)13-5-3-7-21(9-13)16(23)14-10-22-8-4-6-18-17(22)20-14/h4,6,8,10,13H,3,5,7,9H2,1-2H3/t13-/m1/s1. The molecule has 0 N–H and O–H groups in total. The van der Waals surface area contributed by atoms with Crippen LogP contribution >= 0.6 is 11.3 Å². The second-order valence-corrected chi connectivity index (χ2v) is 7.47. The molecule has 0 radical (unpaired) electrons. The Bertz CT molecular complexity index is 847. The highest BCUT2D eigenvalue weighted by Gasteiger charge is 2.28. The molecule has 0 spiro atoms. The van der Waals surface area contributed by atoms with Gasteiger partial charge in [-0.05, 0) is 32.8 Å². The highest BCUT2D eigenvalue weighted by atomic mass is 32.1. The summed E-state index contributed by atoms with van der Waals surface area (Å²) in [5.74, 6) is 0.867. The number of imidazole rings is 1. The summed E-state index contributed by atoms with van der Waals surface area (Å²) in [4.78, 5) is 29.2. The Morgan fingerprint density at radius 3 is 2.96 bits per heavy atom. The van der Waals surface area contributed by atoms with Gasteiger partial charge in [0.2, 0.25) is 5.78 Å². The fraction of sp³-hybridized carbons (Fsp3) is 0.412. The third kappa shape index (κ3) is 2.69. The molecule has 3 aromatic heterocycles. The van der Waals surface area contributed by atoms with Gasteiger partial charge in [-0.2, -0.15) is 0 Å². The molecule has 4 heterocycles. The maximum absolute atomic E-state index is 12.8. The predicted molar refractivity (Wildman–Crippen MR) is 92.5 cm³/mol. The number of amides is 1. The summed E-state index contributed by atoms with van der Waals surface area (Å²) >= 11 is 1.76. The van der Waals surface area contributed by atoms with Crippen LogP contribution in [0.2, 0.25) is 0 Å². The first-order valence-corrected chi connectivity index (χ1v) is 8.96. The van der Waals surface area contributed by atoms with Crippen molar-refractivity contribution in [3.63, 3.8) is 0 Å². The summed E-state index contributed by atoms with van der Waals surface area (Å²) < 4.78 is 1.78. The molecule has 0 saturated carbocycles. The van der Waals surface area contributed by atoms with Crippen molar-refractivity contribution in [1.82, 2.24) is 24.3 Å². The molecular weight excluding hydrogens is 322 g/mol. The number of likely N-dealkylation sites (tertiary alicyclic amines) is 1. The van der Waals surface area contributed by atoms with Crippen LogP contribution in [-0.4, -0.2) is 43.2 Å². The monoisotopic (exact) mass is 341 g/mol. The van der Waals surface area contributed by atoms with E-state index in [1.807, 2.05) is 24.1 Å². The van der Waals surface area contributed by atoms with Gasteiger partial charge in [0.05, 0.1) is 10.7 Å². The van der Waals surface area contributed by atoms with Gasteiger partial charge in [0.15, 0.2) is 0 Å². The van der Waals surface area contributed by atoms with Gasteiger partial charge in [0, 0.05) is 42.5 Å². The van der Waals surface area contributed by atoms with Crippen LogP contribution in [0.4, 0.5) is 0 Å². The maximum Gasteiger partial charge on any atom is 0.274 e. The number of rotatable bonds is 2. The van der Waals surface area contributed by atoms with Crippen molar-refractivity contribution in [2.75, 3.05) is 13.1 Å². The van der Waals surface area contributed by atoms with E-state index in [0.717, 1.165) is 30.1 Å². The third-order valence-electron chi connectivity index (χ3n) is 4.56. The van der Waals surface area contributed by atoms with Crippen LogP contribution in [0.25, 0.3) is 5.78 Å². The van der Waals surface area contributed by atoms with Gasteiger partial charge < -0.3 is 4.90 Å². The smallest absolute Gasteiger partial charge is 0.274 e. The van der Waals surface area contributed by atoms with Crippen LogP contribution in [-0.2, 0) is 0 Å². The van der Waals surface area contributed by atoms with Gasteiger partial charge in [-0.3, -0.25) is 9.20 Å². The Morgan fingerprint density at radius 2 is 2.21 bits per heavy atom. The van der Waals surface area contributed by atoms with Gasteiger partial charge in [-0.15, -0.1) is 11.3 Å². The minimum atomic E-state index is -0.0183. The topological polar surface area (TPSA) is 63.4 Å². The van der Waals surface area contributed by atoms with E-state index >= 15 is 0 Å². The first-order chi connectivity index (χ1) is 11.6. The van der Waals surface area contributed by atoms with E-state index in [4.69, 9.17) is 0 Å². The largest absolute Gasteiger partial charge is 0.337 e. The fourth-order valence-corrected chi connectivity index (χ4v) is 4.18. The highest BCUT2D eigenvalue weighted by Crippen LogP contribution is 2.31. The lowest BCUT2D eigenvalue weighted by atomic mass is 9.98. The molecular formula is C17H19N5OS. The molecule has 1 amide bonds. The van der Waals surface area contributed by atoms with Crippen LogP contribution in [0.3, 0.4) is 0 Å². The summed E-state index contributed by atoms with van der Waals surface area (Å²) in [6.07, 6.45) is 7.38. The Balaban J connectivity index is 1.55. The Morgan fingerprint density at radius 1 is 1.33 bits per heavy atom. The molecule has 1 aliphatic rings. The van der Waals surface area contributed by atoms with Crippen molar-refractivity contribution in [3.05, 3.63) is 45.9 Å². The number of aryl methyl sites for hydroxylation is 2. The number of fused-ring (bicyclic) bond motifs is 1. The van der Waals surface area contributed by atoms with Crippen molar-refractivity contribution in [1.29, 1.82) is 0 Å². The minimum Gasteiger partial charge on any atom is -0.337 e. The quantitative estimate of drug-likeness (QED) is 0.719. The number of thiazole rings is 1. The number of carbonyl (C=O) groups excluding carboxylic acids is 1. The molecule has 1 fully saturated rings. The van der Waals surface area contributed by atoms with Gasteiger partial charge in [0.25, 0.3) is 5.91 Å². The van der Waals surface area contributed by atoms with E-state index in [-0.39, 0.29) is 5.91 Å². The van der Waals surface area contributed by atoms with E-state index < -0.39 is 0 Å². The zero-order chi connectivity index (χ0) is 16.7. The van der Waals surface area contributed by atoms with Gasteiger partial charge in [-0.1, -0.05) is 0 Å². The van der Waals surface area contributed by atoms with Crippen molar-refractivity contribution in [3.8, 4) is 0 Å². The zero-order valence-electron chi connectivity index (χ0n) is 13.8. The first-order valence-electron chi connectivity index (χ1n) is 8.15. The van der Waals surface area contributed by atoms with Gasteiger partial charge >= 0.3 is 0 Å². The molecule has 1 aliphatic heterocycles. The molecule has 0 aliphatic carbocycles. The molecule has 24 heavy (non-hydrogen) atoms. The zero-order valence-corrected chi connectivity index (χ0v) is 14.6. The summed E-state index contributed by atoms with van der Waals surface area (Å²) in [7, 11) is 0. The first kappa shape index (κ1) is 15.3. The number of piperidine rings is 1. The highest BCUT2D eigenvalue weighted by molar-refractivity contribution is 7.11. The minimum absolute atomic E-state index is 0.0183. The molecule has 0 unspecified atom stereocenters. The molecule has 0 aromatic carbocycles. The SMILES string of the molecule is Cc1nc([C@@H]2CCCN(C(=O)c3cn4cccnc4n3)C2)sc1C. The van der Waals surface area contributed by atoms with Crippen molar-refractivity contribution >= 4 is 23.0 Å². The lowest BCUT2D eigenvalue weighted by Gasteiger charge is -2.31. The molecule has 124 valence electrons. The fourth-order valence-electron chi connectivity index (χ4n) is 3.13. The lowest BCUT2D eigenvalue weighted by Crippen LogP contribution is -2.39. The molecule has 1 atom stereocenters. The number of aromatic nitrogens is 4. The van der Waals surface area contributed by atoms with E-state index in [0.29, 0.717) is 23.9 Å². The Labute approximate surface area is 144 Å². The van der Waals surface area contributed by atoms with Crippen LogP contribution < -0.4 is 0 Å². The molecule has 6 nitrogen and oxygen atoms in total. The summed E-state index contributed by atoms with van der Waals surface area (Å²) in [6.45, 7) is 5.64. The maximum atomic E-state index is 12.8. The van der Waals surface area contributed by atoms with Gasteiger partial charge in [-0.25, -0.2) is 15.0 Å². The molecule has 0 bridgehead atoms. The van der Waals surface area contributed by atoms with Crippen LogP contribution in [0.1, 0.15) is 44.8 Å². The average Bonchev–Trinajstić information content (AvgIpc) is 3.18. The number of carbonyl (C=O) groups is 1. The van der Waals surface area contributed by atoms with Crippen molar-refractivity contribution < 1.29 is 4.79 Å². The van der Waals surface area contributed by atoms with E-state index in [1.165, 1.54) is 4.88 Å². The second kappa shape index (κ2) is 5.98. The average molecular weight is 341 g/mol.